The van der Waals surface area contributed by atoms with E-state index in [1.165, 1.54) is 20.3 Å². The molecule has 9 heteroatoms. The van der Waals surface area contributed by atoms with Gasteiger partial charge in [-0.1, -0.05) is 45.4 Å². The Morgan fingerprint density at radius 1 is 0.862 bits per heavy atom. The molecule has 0 aromatic heterocycles. The van der Waals surface area contributed by atoms with Crippen LogP contribution in [0.2, 0.25) is 0 Å². The number of nitrogens with one attached hydrogen (secondary N) is 1. The number of aliphatic hydroxyl groups is 1. The van der Waals surface area contributed by atoms with Gasteiger partial charge in [0.05, 0.1) is 20.3 Å². The Bertz CT molecular complexity index is 517. The van der Waals surface area contributed by atoms with Crippen molar-refractivity contribution < 1.29 is 38.5 Å². The first-order chi connectivity index (χ1) is 13.8. The molecular weight excluding hydrogens is 382 g/mol. The Morgan fingerprint density at radius 2 is 1.34 bits per heavy atom. The number of carbonyl (C=O) groups excluding carboxylic acids is 4. The second kappa shape index (κ2) is 14.8. The molecule has 0 aromatic rings. The van der Waals surface area contributed by atoms with E-state index in [1.807, 2.05) is 0 Å². The van der Waals surface area contributed by atoms with Crippen molar-refractivity contribution in [1.82, 2.24) is 5.32 Å². The van der Waals surface area contributed by atoms with E-state index in [1.54, 1.807) is 0 Å². The molecule has 2 N–H and O–H groups in total. The Hall–Kier alpha value is -2.16. The van der Waals surface area contributed by atoms with Crippen LogP contribution in [-0.2, 0) is 33.4 Å². The number of hydrogen-bond donors (Lipinski definition) is 2. The molecule has 168 valence electrons. The minimum atomic E-state index is -3.05. The van der Waals surface area contributed by atoms with Gasteiger partial charge in [0, 0.05) is 6.42 Å². The first kappa shape index (κ1) is 26.8. The van der Waals surface area contributed by atoms with Gasteiger partial charge in [0.25, 0.3) is 5.60 Å². The van der Waals surface area contributed by atoms with Gasteiger partial charge in [0.2, 0.25) is 5.91 Å². The molecule has 0 heterocycles. The lowest BCUT2D eigenvalue weighted by Gasteiger charge is -2.30. The summed E-state index contributed by atoms with van der Waals surface area (Å²) in [7, 11) is 1.01. The van der Waals surface area contributed by atoms with Gasteiger partial charge in [0.15, 0.2) is 6.04 Å². The summed E-state index contributed by atoms with van der Waals surface area (Å²) in [4.78, 5) is 49.0. The van der Waals surface area contributed by atoms with Crippen molar-refractivity contribution in [2.75, 3.05) is 20.3 Å². The summed E-state index contributed by atoms with van der Waals surface area (Å²) in [5.74, 6) is -4.56. The molecule has 9 nitrogen and oxygen atoms in total. The van der Waals surface area contributed by atoms with Crippen molar-refractivity contribution in [2.24, 2.45) is 0 Å². The van der Waals surface area contributed by atoms with Crippen LogP contribution in [-0.4, -0.2) is 60.9 Å². The summed E-state index contributed by atoms with van der Waals surface area (Å²) >= 11 is 0. The minimum absolute atomic E-state index is 0.0724. The molecule has 1 amide bonds. The van der Waals surface area contributed by atoms with E-state index in [4.69, 9.17) is 9.47 Å². The van der Waals surface area contributed by atoms with Gasteiger partial charge >= 0.3 is 17.9 Å². The van der Waals surface area contributed by atoms with Crippen LogP contribution in [0.15, 0.2) is 0 Å². The first-order valence-electron chi connectivity index (χ1n) is 10.2. The highest BCUT2D eigenvalue weighted by atomic mass is 16.6. The van der Waals surface area contributed by atoms with Crippen LogP contribution in [0.3, 0.4) is 0 Å². The fraction of sp³-hybridized carbons (Fsp3) is 0.800. The van der Waals surface area contributed by atoms with E-state index in [-0.39, 0.29) is 19.6 Å². The molecule has 0 saturated heterocycles. The Morgan fingerprint density at radius 3 is 1.79 bits per heavy atom. The van der Waals surface area contributed by atoms with E-state index in [0.29, 0.717) is 6.42 Å². The maximum absolute atomic E-state index is 12.3. The number of unbranched alkanes of at least 4 members (excludes halogenated alkanes) is 6. The standard InChI is InChI=1S/C20H35NO8/c1-5-8-9-10-11-12-13-14-15(22)21-16(17(23)27-4)20(26,18(24)28-6-2)19(25)29-7-3/h16,26H,5-14H2,1-4H3,(H,21,22). The lowest BCUT2D eigenvalue weighted by molar-refractivity contribution is -0.191. The smallest absolute Gasteiger partial charge is 0.352 e. The van der Waals surface area contributed by atoms with Gasteiger partial charge in [-0.2, -0.15) is 0 Å². The number of hydrogen-bond acceptors (Lipinski definition) is 8. The van der Waals surface area contributed by atoms with Crippen LogP contribution in [0.5, 0.6) is 0 Å². The average Bonchev–Trinajstić information content (AvgIpc) is 2.70. The van der Waals surface area contributed by atoms with Crippen LogP contribution in [0.25, 0.3) is 0 Å². The van der Waals surface area contributed by atoms with Crippen molar-refractivity contribution in [3.8, 4) is 0 Å². The Kier molecular flexibility index (Phi) is 13.7. The van der Waals surface area contributed by atoms with E-state index in [0.717, 1.165) is 39.2 Å². The number of carbonyl (C=O) groups is 4. The summed E-state index contributed by atoms with van der Waals surface area (Å²) in [6.07, 6.45) is 7.04. The van der Waals surface area contributed by atoms with E-state index in [2.05, 4.69) is 17.0 Å². The summed E-state index contributed by atoms with van der Waals surface area (Å²) in [5, 5.41) is 13.0. The maximum Gasteiger partial charge on any atom is 0.352 e. The number of amides is 1. The maximum atomic E-state index is 12.3. The SMILES string of the molecule is CCCCCCCCCC(=O)NC(C(=O)OC)C(O)(C(=O)OCC)C(=O)OCC. The van der Waals surface area contributed by atoms with Crippen molar-refractivity contribution in [1.29, 1.82) is 0 Å². The molecule has 0 aromatic carbocycles. The molecule has 0 aliphatic heterocycles. The fourth-order valence-corrected chi connectivity index (χ4v) is 2.73. The van der Waals surface area contributed by atoms with Gasteiger partial charge in [-0.25, -0.2) is 14.4 Å². The lowest BCUT2D eigenvalue weighted by Crippen LogP contribution is -2.66. The molecule has 1 atom stereocenters. The third-order valence-electron chi connectivity index (χ3n) is 4.34. The van der Waals surface area contributed by atoms with Crippen molar-refractivity contribution >= 4 is 23.8 Å². The summed E-state index contributed by atoms with van der Waals surface area (Å²) < 4.78 is 14.0. The molecule has 0 aliphatic rings. The molecule has 29 heavy (non-hydrogen) atoms. The number of esters is 3. The van der Waals surface area contributed by atoms with Crippen LogP contribution in [0, 0.1) is 0 Å². The first-order valence-corrected chi connectivity index (χ1v) is 10.2. The van der Waals surface area contributed by atoms with Crippen LogP contribution < -0.4 is 5.32 Å². The second-order valence-corrected chi connectivity index (χ2v) is 6.60. The largest absolute Gasteiger partial charge is 0.467 e. The van der Waals surface area contributed by atoms with Gasteiger partial charge in [0.1, 0.15) is 0 Å². The predicted molar refractivity (Wildman–Crippen MR) is 105 cm³/mol. The normalized spacial score (nSPS) is 12.0. The highest BCUT2D eigenvalue weighted by Crippen LogP contribution is 2.18. The number of rotatable bonds is 15. The van der Waals surface area contributed by atoms with E-state index in [9.17, 15) is 24.3 Å². The highest BCUT2D eigenvalue weighted by molar-refractivity contribution is 6.09. The molecular formula is C20H35NO8. The molecule has 0 spiro atoms. The quantitative estimate of drug-likeness (QED) is 0.178. The Balaban J connectivity index is 5.14. The van der Waals surface area contributed by atoms with Gasteiger partial charge in [-0.05, 0) is 20.3 Å². The fourth-order valence-electron chi connectivity index (χ4n) is 2.73. The minimum Gasteiger partial charge on any atom is -0.467 e. The van der Waals surface area contributed by atoms with E-state index >= 15 is 0 Å². The van der Waals surface area contributed by atoms with Crippen LogP contribution in [0.4, 0.5) is 0 Å². The second-order valence-electron chi connectivity index (χ2n) is 6.60. The highest BCUT2D eigenvalue weighted by Gasteiger charge is 2.58. The zero-order chi connectivity index (χ0) is 22.3. The Labute approximate surface area is 172 Å². The third-order valence-corrected chi connectivity index (χ3v) is 4.34. The molecule has 0 rings (SSSR count). The van der Waals surface area contributed by atoms with Crippen LogP contribution in [0.1, 0.15) is 72.1 Å². The average molecular weight is 417 g/mol. The zero-order valence-electron chi connectivity index (χ0n) is 18.0. The molecule has 0 radical (unpaired) electrons. The number of methoxy groups -OCH3 is 1. The molecule has 0 bridgehead atoms. The van der Waals surface area contributed by atoms with Gasteiger partial charge in [-0.3, -0.25) is 4.79 Å². The predicted octanol–water partition coefficient (Wildman–Crippen LogP) is 1.64. The van der Waals surface area contributed by atoms with Gasteiger partial charge < -0.3 is 24.6 Å². The molecule has 0 fully saturated rings. The third kappa shape index (κ3) is 8.81. The summed E-state index contributed by atoms with van der Waals surface area (Å²) in [6.45, 7) is 4.77. The van der Waals surface area contributed by atoms with Crippen molar-refractivity contribution in [2.45, 2.75) is 83.8 Å². The zero-order valence-corrected chi connectivity index (χ0v) is 18.0. The van der Waals surface area contributed by atoms with Crippen LogP contribution >= 0.6 is 0 Å². The summed E-state index contributed by atoms with van der Waals surface area (Å²) in [6, 6.07) is -1.98. The topological polar surface area (TPSA) is 128 Å². The molecule has 0 saturated carbocycles. The number of ether oxygens (including phenoxy) is 3. The van der Waals surface area contributed by atoms with Crippen molar-refractivity contribution in [3.63, 3.8) is 0 Å². The molecule has 1 unspecified atom stereocenters. The monoisotopic (exact) mass is 417 g/mol. The lowest BCUT2D eigenvalue weighted by atomic mass is 9.93. The molecule has 0 aliphatic carbocycles. The van der Waals surface area contributed by atoms with E-state index < -0.39 is 35.5 Å². The van der Waals surface area contributed by atoms with Crippen molar-refractivity contribution in [3.05, 3.63) is 0 Å². The summed E-state index contributed by atoms with van der Waals surface area (Å²) in [5.41, 5.74) is -3.05. The van der Waals surface area contributed by atoms with Gasteiger partial charge in [-0.15, -0.1) is 0 Å².